The number of fused-ring (bicyclic) bond motifs is 1. The van der Waals surface area contributed by atoms with Crippen LogP contribution in [-0.4, -0.2) is 57.2 Å². The fraction of sp³-hybridized carbons (Fsp3) is 0.789. The second-order valence-electron chi connectivity index (χ2n) is 7.58. The van der Waals surface area contributed by atoms with Gasteiger partial charge in [0.05, 0.1) is 6.10 Å². The highest BCUT2D eigenvalue weighted by Crippen LogP contribution is 2.37. The summed E-state index contributed by atoms with van der Waals surface area (Å²) in [6.07, 6.45) is 6.67. The van der Waals surface area contributed by atoms with E-state index in [0.717, 1.165) is 49.9 Å². The molecule has 0 bridgehead atoms. The highest BCUT2D eigenvalue weighted by Gasteiger charge is 2.49. The number of rotatable bonds is 5. The molecule has 5 atom stereocenters. The molecule has 4 heteroatoms. The van der Waals surface area contributed by atoms with Crippen LogP contribution in [0.4, 0.5) is 0 Å². The molecule has 2 heterocycles. The van der Waals surface area contributed by atoms with Gasteiger partial charge in [-0.15, -0.1) is 0 Å². The molecule has 5 unspecified atom stereocenters. The molecule has 4 nitrogen and oxygen atoms in total. The number of hydrogen-bond acceptors (Lipinski definition) is 4. The lowest BCUT2D eigenvalue weighted by Crippen LogP contribution is -2.61. The van der Waals surface area contributed by atoms with Crippen molar-refractivity contribution in [1.82, 2.24) is 4.90 Å². The lowest BCUT2D eigenvalue weighted by atomic mass is 9.80. The Bertz CT molecular complexity index is 469. The van der Waals surface area contributed by atoms with Gasteiger partial charge in [-0.1, -0.05) is 26.0 Å². The Morgan fingerprint density at radius 3 is 2.83 bits per heavy atom. The molecule has 2 rings (SSSR count). The zero-order valence-corrected chi connectivity index (χ0v) is 15.0. The van der Waals surface area contributed by atoms with Gasteiger partial charge in [-0.3, -0.25) is 4.90 Å². The molecule has 0 aliphatic carbocycles. The maximum absolute atomic E-state index is 10.7. The summed E-state index contributed by atoms with van der Waals surface area (Å²) in [7, 11) is 0. The Labute approximate surface area is 140 Å². The van der Waals surface area contributed by atoms with Gasteiger partial charge < -0.3 is 15.3 Å². The molecule has 0 radical (unpaired) electrons. The van der Waals surface area contributed by atoms with Crippen LogP contribution in [0.3, 0.4) is 0 Å². The third-order valence-corrected chi connectivity index (χ3v) is 5.55. The number of allylic oxidation sites excluding steroid dienone is 2. The second kappa shape index (κ2) is 7.47. The fourth-order valence-electron chi connectivity index (χ4n) is 3.96. The molecule has 3 N–H and O–H groups in total. The first kappa shape index (κ1) is 18.7. The molecule has 0 aromatic heterocycles. The Morgan fingerprint density at radius 1 is 1.48 bits per heavy atom. The lowest BCUT2D eigenvalue weighted by molar-refractivity contribution is -0.110. The van der Waals surface area contributed by atoms with Gasteiger partial charge in [-0.2, -0.15) is 0 Å². The average molecular weight is 323 g/mol. The number of aliphatic hydroxyl groups excluding tert-OH is 2. The van der Waals surface area contributed by atoms with Crippen molar-refractivity contribution in [3.63, 3.8) is 0 Å². The van der Waals surface area contributed by atoms with E-state index >= 15 is 0 Å². The smallest absolute Gasteiger partial charge is 0.107 e. The molecule has 2 aliphatic rings. The SMILES string of the molecule is CCC(O)C(C)=CCC(C)C=C1CN2CCCC2C(C)(O)C1O. The van der Waals surface area contributed by atoms with Crippen LogP contribution in [0.15, 0.2) is 23.3 Å². The first-order valence-electron chi connectivity index (χ1n) is 8.97. The van der Waals surface area contributed by atoms with Gasteiger partial charge in [-0.05, 0) is 63.1 Å². The van der Waals surface area contributed by atoms with E-state index in [1.807, 2.05) is 13.8 Å². The summed E-state index contributed by atoms with van der Waals surface area (Å²) in [5.74, 6) is 0.272. The summed E-state index contributed by atoms with van der Waals surface area (Å²) >= 11 is 0. The predicted octanol–water partition coefficient (Wildman–Crippen LogP) is 2.25. The first-order chi connectivity index (χ1) is 10.8. The third-order valence-electron chi connectivity index (χ3n) is 5.55. The van der Waals surface area contributed by atoms with Crippen molar-refractivity contribution in [3.8, 4) is 0 Å². The molecular formula is C19H33NO3. The zero-order chi connectivity index (χ0) is 17.2. The van der Waals surface area contributed by atoms with Crippen LogP contribution in [0, 0.1) is 5.92 Å². The molecule has 2 saturated heterocycles. The van der Waals surface area contributed by atoms with E-state index in [2.05, 4.69) is 24.0 Å². The number of aliphatic hydroxyl groups is 3. The monoisotopic (exact) mass is 323 g/mol. The third kappa shape index (κ3) is 4.05. The second-order valence-corrected chi connectivity index (χ2v) is 7.58. The van der Waals surface area contributed by atoms with Gasteiger partial charge in [0, 0.05) is 12.6 Å². The van der Waals surface area contributed by atoms with E-state index in [9.17, 15) is 15.3 Å². The van der Waals surface area contributed by atoms with Crippen LogP contribution in [0.5, 0.6) is 0 Å². The van der Waals surface area contributed by atoms with E-state index in [1.165, 1.54) is 0 Å². The Balaban J connectivity index is 2.06. The maximum Gasteiger partial charge on any atom is 0.107 e. The minimum atomic E-state index is -1.07. The van der Waals surface area contributed by atoms with Gasteiger partial charge in [0.15, 0.2) is 0 Å². The largest absolute Gasteiger partial charge is 0.389 e. The van der Waals surface area contributed by atoms with Crippen molar-refractivity contribution < 1.29 is 15.3 Å². The van der Waals surface area contributed by atoms with Crippen LogP contribution >= 0.6 is 0 Å². The average Bonchev–Trinajstić information content (AvgIpc) is 2.98. The normalized spacial score (nSPS) is 37.0. The molecule has 23 heavy (non-hydrogen) atoms. The molecule has 2 fully saturated rings. The fourth-order valence-corrected chi connectivity index (χ4v) is 3.96. The number of piperidine rings is 1. The quantitative estimate of drug-likeness (QED) is 0.679. The maximum atomic E-state index is 10.7. The van der Waals surface area contributed by atoms with Gasteiger partial charge >= 0.3 is 0 Å². The molecule has 0 saturated carbocycles. The van der Waals surface area contributed by atoms with E-state index in [0.29, 0.717) is 0 Å². The molecular weight excluding hydrogens is 290 g/mol. The summed E-state index contributed by atoms with van der Waals surface area (Å²) in [5.41, 5.74) is 0.876. The summed E-state index contributed by atoms with van der Waals surface area (Å²) in [6, 6.07) is 0.0757. The molecule has 0 aromatic carbocycles. The van der Waals surface area contributed by atoms with Gasteiger partial charge in [-0.25, -0.2) is 0 Å². The molecule has 0 spiro atoms. The standard InChI is InChI=1S/C19H33NO3/c1-5-16(21)14(3)9-8-13(2)11-15-12-20-10-6-7-17(20)19(4,23)18(15)22/h9,11,13,16-18,21-23H,5-8,10,12H2,1-4H3. The Morgan fingerprint density at radius 2 is 2.17 bits per heavy atom. The Kier molecular flexibility index (Phi) is 6.06. The highest BCUT2D eigenvalue weighted by atomic mass is 16.3. The Hall–Kier alpha value is -0.680. The van der Waals surface area contributed by atoms with Gasteiger partial charge in [0.1, 0.15) is 11.7 Å². The predicted molar refractivity (Wildman–Crippen MR) is 93.1 cm³/mol. The van der Waals surface area contributed by atoms with Crippen LogP contribution in [0.1, 0.15) is 53.4 Å². The van der Waals surface area contributed by atoms with Crippen LogP contribution in [0.2, 0.25) is 0 Å². The van der Waals surface area contributed by atoms with Crippen molar-refractivity contribution in [1.29, 1.82) is 0 Å². The lowest BCUT2D eigenvalue weighted by Gasteiger charge is -2.46. The summed E-state index contributed by atoms with van der Waals surface area (Å²) in [5, 5.41) is 31.1. The van der Waals surface area contributed by atoms with E-state index < -0.39 is 11.7 Å². The minimum absolute atomic E-state index is 0.0757. The van der Waals surface area contributed by atoms with E-state index in [-0.39, 0.29) is 18.1 Å². The van der Waals surface area contributed by atoms with Crippen LogP contribution in [0.25, 0.3) is 0 Å². The molecule has 0 aromatic rings. The topological polar surface area (TPSA) is 63.9 Å². The van der Waals surface area contributed by atoms with Crippen molar-refractivity contribution in [2.24, 2.45) is 5.92 Å². The van der Waals surface area contributed by atoms with Crippen LogP contribution < -0.4 is 0 Å². The number of nitrogens with zero attached hydrogens (tertiary/aromatic N) is 1. The number of hydrogen-bond donors (Lipinski definition) is 3. The van der Waals surface area contributed by atoms with E-state index in [1.54, 1.807) is 6.92 Å². The highest BCUT2D eigenvalue weighted by molar-refractivity contribution is 5.24. The zero-order valence-electron chi connectivity index (χ0n) is 15.0. The van der Waals surface area contributed by atoms with Crippen molar-refractivity contribution >= 4 is 0 Å². The summed E-state index contributed by atoms with van der Waals surface area (Å²) < 4.78 is 0. The molecule has 132 valence electrons. The summed E-state index contributed by atoms with van der Waals surface area (Å²) in [6.45, 7) is 9.57. The minimum Gasteiger partial charge on any atom is -0.389 e. The first-order valence-corrected chi connectivity index (χ1v) is 8.97. The van der Waals surface area contributed by atoms with Crippen LogP contribution in [-0.2, 0) is 0 Å². The van der Waals surface area contributed by atoms with Gasteiger partial charge in [0.2, 0.25) is 0 Å². The van der Waals surface area contributed by atoms with Crippen molar-refractivity contribution in [3.05, 3.63) is 23.3 Å². The molecule has 2 aliphatic heterocycles. The van der Waals surface area contributed by atoms with Gasteiger partial charge in [0.25, 0.3) is 0 Å². The van der Waals surface area contributed by atoms with E-state index in [4.69, 9.17) is 0 Å². The van der Waals surface area contributed by atoms with Crippen molar-refractivity contribution in [2.45, 2.75) is 77.2 Å². The summed E-state index contributed by atoms with van der Waals surface area (Å²) in [4.78, 5) is 2.30. The van der Waals surface area contributed by atoms with Crippen molar-refractivity contribution in [2.75, 3.05) is 13.1 Å². The molecule has 0 amide bonds.